The molecule has 1 fully saturated rings. The summed E-state index contributed by atoms with van der Waals surface area (Å²) in [5.74, 6) is -0.169. The van der Waals surface area contributed by atoms with Gasteiger partial charge in [-0.2, -0.15) is 0 Å². The van der Waals surface area contributed by atoms with Gasteiger partial charge in [-0.05, 0) is 70.5 Å². The van der Waals surface area contributed by atoms with Crippen LogP contribution in [-0.4, -0.2) is 63.9 Å². The smallest absolute Gasteiger partial charge is 0.255 e. The van der Waals surface area contributed by atoms with E-state index in [9.17, 15) is 4.79 Å². The summed E-state index contributed by atoms with van der Waals surface area (Å²) in [4.78, 5) is 29.6. The van der Waals surface area contributed by atoms with Crippen molar-refractivity contribution in [3.05, 3.63) is 92.9 Å². The number of amides is 1. The van der Waals surface area contributed by atoms with Crippen LogP contribution >= 0.6 is 23.2 Å². The molecule has 11 heteroatoms. The van der Waals surface area contributed by atoms with Crippen LogP contribution in [0.1, 0.15) is 55.6 Å². The molecule has 1 atom stereocenters. The summed E-state index contributed by atoms with van der Waals surface area (Å²) in [6, 6.07) is 10.6. The summed E-state index contributed by atoms with van der Waals surface area (Å²) >= 11 is 13.1. The van der Waals surface area contributed by atoms with Gasteiger partial charge >= 0.3 is 0 Å². The van der Waals surface area contributed by atoms with Gasteiger partial charge in [0.2, 0.25) is 5.95 Å². The minimum atomic E-state index is -0.478. The highest BCUT2D eigenvalue weighted by Crippen LogP contribution is 2.37. The number of nitrogens with one attached hydrogen (secondary N) is 2. The molecule has 2 N–H and O–H groups in total. The summed E-state index contributed by atoms with van der Waals surface area (Å²) in [6.45, 7) is 9.73. The fraction of sp³-hybridized carbons (Fsp3) is 0.353. The van der Waals surface area contributed by atoms with Gasteiger partial charge in [-0.1, -0.05) is 35.3 Å². The van der Waals surface area contributed by atoms with E-state index in [1.165, 1.54) is 6.08 Å². The minimum absolute atomic E-state index is 0.114. The lowest BCUT2D eigenvalue weighted by Gasteiger charge is -2.48. The number of carbonyl (C=O) groups is 1. The number of hydrogen-bond donors (Lipinski definition) is 2. The number of fused-ring (bicyclic) bond motifs is 3. The third kappa shape index (κ3) is 6.40. The number of piperazine rings is 1. The van der Waals surface area contributed by atoms with Crippen LogP contribution < -0.4 is 10.6 Å². The van der Waals surface area contributed by atoms with Crippen molar-refractivity contribution in [2.24, 2.45) is 4.99 Å². The van der Waals surface area contributed by atoms with E-state index < -0.39 is 6.10 Å². The summed E-state index contributed by atoms with van der Waals surface area (Å²) in [5.41, 5.74) is 4.33. The van der Waals surface area contributed by atoms with E-state index in [0.717, 1.165) is 11.1 Å². The molecule has 1 aliphatic carbocycles. The number of allylic oxidation sites excluding steroid dienone is 2. The van der Waals surface area contributed by atoms with Crippen molar-refractivity contribution >= 4 is 46.5 Å². The van der Waals surface area contributed by atoms with Crippen LogP contribution in [0.25, 0.3) is 11.3 Å². The fourth-order valence-corrected chi connectivity index (χ4v) is 7.00. The highest BCUT2D eigenvalue weighted by atomic mass is 35.5. The molecule has 8 nitrogen and oxygen atoms in total. The number of methoxy groups -OCH3 is 1. The van der Waals surface area contributed by atoms with Gasteiger partial charge < -0.3 is 20.3 Å². The van der Waals surface area contributed by atoms with Crippen molar-refractivity contribution in [2.75, 3.05) is 25.5 Å². The molecule has 3 aliphatic rings. The summed E-state index contributed by atoms with van der Waals surface area (Å²) in [7, 11) is 1.56. The lowest BCUT2D eigenvalue weighted by atomic mass is 9.89. The maximum atomic E-state index is 15.2. The van der Waals surface area contributed by atoms with Crippen molar-refractivity contribution < 1.29 is 13.9 Å². The van der Waals surface area contributed by atoms with Crippen LogP contribution in [-0.2, 0) is 11.3 Å². The molecule has 1 aromatic heterocycles. The van der Waals surface area contributed by atoms with E-state index in [1.807, 2.05) is 11.0 Å². The first-order valence-electron chi connectivity index (χ1n) is 14.8. The molecular weight excluding hydrogens is 614 g/mol. The molecule has 1 amide bonds. The largest absolute Gasteiger partial charge is 0.376 e. The van der Waals surface area contributed by atoms with Gasteiger partial charge in [-0.25, -0.2) is 14.4 Å². The second kappa shape index (κ2) is 11.9. The van der Waals surface area contributed by atoms with Gasteiger partial charge in [-0.15, -0.1) is 0 Å². The second-order valence-electron chi connectivity index (χ2n) is 12.9. The molecule has 45 heavy (non-hydrogen) atoms. The van der Waals surface area contributed by atoms with Crippen LogP contribution in [0.3, 0.4) is 0 Å². The zero-order valence-corrected chi connectivity index (χ0v) is 27.4. The molecule has 1 saturated heterocycles. The van der Waals surface area contributed by atoms with E-state index in [0.29, 0.717) is 69.3 Å². The number of anilines is 2. The molecule has 3 aromatic rings. The number of halogens is 3. The van der Waals surface area contributed by atoms with Gasteiger partial charge in [0.25, 0.3) is 5.91 Å². The van der Waals surface area contributed by atoms with E-state index in [2.05, 4.69) is 43.3 Å². The van der Waals surface area contributed by atoms with Gasteiger partial charge in [0, 0.05) is 70.4 Å². The first kappa shape index (κ1) is 31.4. The Morgan fingerprint density at radius 2 is 1.84 bits per heavy atom. The topological polar surface area (TPSA) is 91.7 Å². The Labute approximate surface area is 272 Å². The number of nitrogens with zero attached hydrogens (tertiary/aromatic N) is 4. The van der Waals surface area contributed by atoms with E-state index >= 15 is 4.39 Å². The zero-order chi connectivity index (χ0) is 32.1. The SMILES string of the molecule is COC1CC=CC(F)=C1C1=NCc2cnc(Nc3ccc(C(=O)N4CC(C)(C)NC(C)(C)C4)c(Cl)c3)nc2-c2ccc(Cl)cc21. The molecule has 2 aliphatic heterocycles. The third-order valence-electron chi connectivity index (χ3n) is 8.09. The molecule has 234 valence electrons. The lowest BCUT2D eigenvalue weighted by molar-refractivity contribution is 0.0472. The molecule has 0 saturated carbocycles. The summed E-state index contributed by atoms with van der Waals surface area (Å²) in [6.07, 6.45) is 4.97. The summed E-state index contributed by atoms with van der Waals surface area (Å²) < 4.78 is 20.9. The molecule has 3 heterocycles. The summed E-state index contributed by atoms with van der Waals surface area (Å²) in [5, 5.41) is 7.64. The van der Waals surface area contributed by atoms with Crippen LogP contribution in [0, 0.1) is 0 Å². The van der Waals surface area contributed by atoms with E-state index in [-0.39, 0.29) is 29.4 Å². The molecule has 0 bridgehead atoms. The van der Waals surface area contributed by atoms with Crippen molar-refractivity contribution in [1.29, 1.82) is 0 Å². The van der Waals surface area contributed by atoms with Crippen molar-refractivity contribution in [3.8, 4) is 11.3 Å². The minimum Gasteiger partial charge on any atom is -0.376 e. The van der Waals surface area contributed by atoms with Crippen LogP contribution in [0.5, 0.6) is 0 Å². The van der Waals surface area contributed by atoms with Crippen LogP contribution in [0.4, 0.5) is 16.0 Å². The Kier molecular flexibility index (Phi) is 8.33. The Balaban J connectivity index is 1.29. The number of rotatable bonds is 5. The van der Waals surface area contributed by atoms with Gasteiger partial charge in [0.1, 0.15) is 5.83 Å². The van der Waals surface area contributed by atoms with Gasteiger partial charge in [0.05, 0.1) is 34.6 Å². The molecule has 0 spiro atoms. The molecule has 0 radical (unpaired) electrons. The zero-order valence-electron chi connectivity index (χ0n) is 25.8. The average Bonchev–Trinajstić information content (AvgIpc) is 3.11. The lowest BCUT2D eigenvalue weighted by Crippen LogP contribution is -2.67. The first-order valence-corrected chi connectivity index (χ1v) is 15.5. The number of benzene rings is 2. The maximum Gasteiger partial charge on any atom is 0.255 e. The van der Waals surface area contributed by atoms with Crippen molar-refractivity contribution in [1.82, 2.24) is 20.2 Å². The Morgan fingerprint density at radius 3 is 2.56 bits per heavy atom. The Morgan fingerprint density at radius 1 is 1.09 bits per heavy atom. The third-order valence-corrected chi connectivity index (χ3v) is 8.64. The number of hydrogen-bond acceptors (Lipinski definition) is 7. The normalized spacial score (nSPS) is 20.2. The van der Waals surface area contributed by atoms with E-state index in [1.54, 1.807) is 49.7 Å². The average molecular weight is 650 g/mol. The predicted octanol–water partition coefficient (Wildman–Crippen LogP) is 7.30. The number of ether oxygens (including phenoxy) is 1. The quantitative estimate of drug-likeness (QED) is 0.302. The van der Waals surface area contributed by atoms with E-state index in [4.69, 9.17) is 37.9 Å². The molecular formula is C34H35Cl2FN6O2. The monoisotopic (exact) mass is 648 g/mol. The maximum absolute atomic E-state index is 15.2. The van der Waals surface area contributed by atoms with Crippen LogP contribution in [0.2, 0.25) is 10.0 Å². The van der Waals surface area contributed by atoms with Crippen molar-refractivity contribution in [3.63, 3.8) is 0 Å². The van der Waals surface area contributed by atoms with Crippen LogP contribution in [0.15, 0.2) is 71.1 Å². The predicted molar refractivity (Wildman–Crippen MR) is 177 cm³/mol. The standard InChI is InChI=1S/C34H35Cl2FN6O2/c1-33(2)17-43(18-34(3,4)42-33)31(44)23-12-10-21(14-25(23)36)40-32-39-16-19-15-38-30(28-26(37)7-6-8-27(28)45-5)24-13-20(35)9-11-22(24)29(19)41-32/h6-7,9-14,16,27,42H,8,15,17-18H2,1-5H3,(H,39,40,41). The van der Waals surface area contributed by atoms with Gasteiger partial charge in [-0.3, -0.25) is 9.79 Å². The second-order valence-corrected chi connectivity index (χ2v) is 13.8. The first-order chi connectivity index (χ1) is 21.3. The molecule has 1 unspecified atom stereocenters. The highest BCUT2D eigenvalue weighted by Gasteiger charge is 2.39. The van der Waals surface area contributed by atoms with Crippen molar-refractivity contribution in [2.45, 2.75) is 57.8 Å². The van der Waals surface area contributed by atoms with Gasteiger partial charge in [0.15, 0.2) is 0 Å². The molecule has 6 rings (SSSR count). The number of aromatic nitrogens is 2. The Hall–Kier alpha value is -3.63. The highest BCUT2D eigenvalue weighted by molar-refractivity contribution is 6.34. The fourth-order valence-electron chi connectivity index (χ4n) is 6.57. The number of carbonyl (C=O) groups excluding carboxylic acids is 1. The molecule has 2 aromatic carbocycles. The number of aliphatic imine (C=N–C) groups is 1. The Bertz CT molecular complexity index is 1770.